The van der Waals surface area contributed by atoms with Gasteiger partial charge in [-0.3, -0.25) is 4.99 Å². The largest absolute Gasteiger partial charge is 0.357 e. The van der Waals surface area contributed by atoms with E-state index in [0.717, 1.165) is 38.6 Å². The first-order valence-corrected chi connectivity index (χ1v) is 11.3. The highest BCUT2D eigenvalue weighted by Gasteiger charge is 2.22. The Labute approximate surface area is 194 Å². The molecule has 0 saturated carbocycles. The van der Waals surface area contributed by atoms with Crippen molar-refractivity contribution in [2.75, 3.05) is 58.9 Å². The molecular weight excluding hydrogens is 473 g/mol. The van der Waals surface area contributed by atoms with Crippen LogP contribution in [0.4, 0.5) is 0 Å². The van der Waals surface area contributed by atoms with Crippen LogP contribution in [-0.2, 0) is 6.42 Å². The predicted molar refractivity (Wildman–Crippen MR) is 134 cm³/mol. The van der Waals surface area contributed by atoms with Crippen molar-refractivity contribution in [1.29, 1.82) is 0 Å². The van der Waals surface area contributed by atoms with Crippen molar-refractivity contribution in [2.24, 2.45) is 10.9 Å². The molecule has 1 aromatic rings. The summed E-state index contributed by atoms with van der Waals surface area (Å²) in [6.07, 6.45) is 6.54. The molecule has 0 radical (unpaired) electrons. The second kappa shape index (κ2) is 14.2. The standard InChI is InChI=1S/C23H39N5.HI/c1-2-24-23(25-13-18-27-14-7-4-8-15-27)26-19-22-12-17-28(20-22)16-11-21-9-5-3-6-10-21;/h3,5-6,9-10,22H,2,4,7-8,11-20H2,1H3,(H2,24,25,26);1H. The molecule has 2 aliphatic heterocycles. The van der Waals surface area contributed by atoms with Crippen LogP contribution < -0.4 is 10.6 Å². The number of rotatable bonds is 9. The van der Waals surface area contributed by atoms with E-state index in [1.165, 1.54) is 64.0 Å². The van der Waals surface area contributed by atoms with Crippen molar-refractivity contribution in [3.63, 3.8) is 0 Å². The number of nitrogens with one attached hydrogen (secondary N) is 2. The average molecular weight is 514 g/mol. The first-order valence-electron chi connectivity index (χ1n) is 11.3. The molecule has 29 heavy (non-hydrogen) atoms. The quantitative estimate of drug-likeness (QED) is 0.303. The molecule has 2 aliphatic rings. The van der Waals surface area contributed by atoms with Crippen molar-refractivity contribution in [3.8, 4) is 0 Å². The molecule has 3 rings (SSSR count). The lowest BCUT2D eigenvalue weighted by Gasteiger charge is -2.26. The van der Waals surface area contributed by atoms with Crippen LogP contribution in [0.1, 0.15) is 38.2 Å². The van der Waals surface area contributed by atoms with Crippen molar-refractivity contribution in [1.82, 2.24) is 20.4 Å². The molecule has 0 amide bonds. The monoisotopic (exact) mass is 513 g/mol. The fourth-order valence-corrected chi connectivity index (χ4v) is 4.27. The van der Waals surface area contributed by atoms with Crippen LogP contribution in [0.3, 0.4) is 0 Å². The van der Waals surface area contributed by atoms with Crippen LogP contribution in [0.2, 0.25) is 0 Å². The van der Waals surface area contributed by atoms with Gasteiger partial charge < -0.3 is 20.4 Å². The molecular formula is C23H40IN5. The summed E-state index contributed by atoms with van der Waals surface area (Å²) in [5, 5.41) is 6.94. The fourth-order valence-electron chi connectivity index (χ4n) is 4.27. The highest BCUT2D eigenvalue weighted by molar-refractivity contribution is 14.0. The maximum Gasteiger partial charge on any atom is 0.191 e. The highest BCUT2D eigenvalue weighted by Crippen LogP contribution is 2.17. The van der Waals surface area contributed by atoms with Gasteiger partial charge in [-0.1, -0.05) is 36.8 Å². The van der Waals surface area contributed by atoms with Gasteiger partial charge >= 0.3 is 0 Å². The van der Waals surface area contributed by atoms with Crippen LogP contribution in [0.15, 0.2) is 35.3 Å². The molecule has 2 fully saturated rings. The van der Waals surface area contributed by atoms with Crippen molar-refractivity contribution >= 4 is 29.9 Å². The predicted octanol–water partition coefficient (Wildman–Crippen LogP) is 3.21. The number of nitrogens with zero attached hydrogens (tertiary/aromatic N) is 3. The number of benzene rings is 1. The van der Waals surface area contributed by atoms with Gasteiger partial charge in [-0.25, -0.2) is 0 Å². The zero-order valence-electron chi connectivity index (χ0n) is 18.1. The summed E-state index contributed by atoms with van der Waals surface area (Å²) >= 11 is 0. The molecule has 5 nitrogen and oxygen atoms in total. The van der Waals surface area contributed by atoms with E-state index in [1.54, 1.807) is 0 Å². The molecule has 0 spiro atoms. The smallest absolute Gasteiger partial charge is 0.191 e. The highest BCUT2D eigenvalue weighted by atomic mass is 127. The Balaban J connectivity index is 0.00000300. The Hall–Kier alpha value is -0.860. The first kappa shape index (κ1) is 24.4. The van der Waals surface area contributed by atoms with E-state index < -0.39 is 0 Å². The van der Waals surface area contributed by atoms with Crippen LogP contribution >= 0.6 is 24.0 Å². The van der Waals surface area contributed by atoms with E-state index in [-0.39, 0.29) is 24.0 Å². The molecule has 1 aromatic carbocycles. The normalized spacial score (nSPS) is 21.0. The maximum absolute atomic E-state index is 4.88. The van der Waals surface area contributed by atoms with Crippen molar-refractivity contribution < 1.29 is 0 Å². The zero-order valence-corrected chi connectivity index (χ0v) is 20.4. The minimum Gasteiger partial charge on any atom is -0.357 e. The first-order chi connectivity index (χ1) is 13.8. The second-order valence-electron chi connectivity index (χ2n) is 8.24. The average Bonchev–Trinajstić information content (AvgIpc) is 3.20. The molecule has 0 bridgehead atoms. The Bertz CT molecular complexity index is 574. The van der Waals surface area contributed by atoms with E-state index in [2.05, 4.69) is 57.7 Å². The molecule has 0 aliphatic carbocycles. The van der Waals surface area contributed by atoms with Gasteiger partial charge in [0, 0.05) is 39.3 Å². The van der Waals surface area contributed by atoms with Gasteiger partial charge in [0.25, 0.3) is 0 Å². The van der Waals surface area contributed by atoms with Gasteiger partial charge in [0.05, 0.1) is 0 Å². The summed E-state index contributed by atoms with van der Waals surface area (Å²) in [6, 6.07) is 10.8. The lowest BCUT2D eigenvalue weighted by atomic mass is 10.1. The molecule has 6 heteroatoms. The fraction of sp³-hybridized carbons (Fsp3) is 0.696. The Morgan fingerprint density at radius 2 is 1.79 bits per heavy atom. The zero-order chi connectivity index (χ0) is 19.4. The van der Waals surface area contributed by atoms with Crippen LogP contribution in [0.25, 0.3) is 0 Å². The number of piperidine rings is 1. The van der Waals surface area contributed by atoms with Gasteiger partial charge in [-0.2, -0.15) is 0 Å². The van der Waals surface area contributed by atoms with Gasteiger partial charge in [0.1, 0.15) is 0 Å². The Kier molecular flexibility index (Phi) is 12.0. The Morgan fingerprint density at radius 1 is 1.00 bits per heavy atom. The SMILES string of the molecule is CCNC(=NCC1CCN(CCc2ccccc2)C1)NCCN1CCCCC1.I. The van der Waals surface area contributed by atoms with Crippen LogP contribution in [0.5, 0.6) is 0 Å². The van der Waals surface area contributed by atoms with Crippen molar-refractivity contribution in [3.05, 3.63) is 35.9 Å². The van der Waals surface area contributed by atoms with Gasteiger partial charge in [-0.05, 0) is 63.7 Å². The van der Waals surface area contributed by atoms with E-state index in [4.69, 9.17) is 4.99 Å². The summed E-state index contributed by atoms with van der Waals surface area (Å²) < 4.78 is 0. The summed E-state index contributed by atoms with van der Waals surface area (Å²) in [4.78, 5) is 10.1. The molecule has 2 N–H and O–H groups in total. The van der Waals surface area contributed by atoms with Gasteiger partial charge in [0.15, 0.2) is 5.96 Å². The number of hydrogen-bond acceptors (Lipinski definition) is 3. The van der Waals surface area contributed by atoms with Gasteiger partial charge in [0.2, 0.25) is 0 Å². The molecule has 2 heterocycles. The lowest BCUT2D eigenvalue weighted by molar-refractivity contribution is 0.232. The number of guanidine groups is 1. The summed E-state index contributed by atoms with van der Waals surface area (Å²) in [6.45, 7) is 12.2. The number of likely N-dealkylation sites (tertiary alicyclic amines) is 2. The second-order valence-corrected chi connectivity index (χ2v) is 8.24. The molecule has 164 valence electrons. The number of aliphatic imine (C=N–C) groups is 1. The van der Waals surface area contributed by atoms with Crippen LogP contribution in [-0.4, -0.2) is 74.7 Å². The molecule has 1 atom stereocenters. The van der Waals surface area contributed by atoms with E-state index >= 15 is 0 Å². The third-order valence-corrected chi connectivity index (χ3v) is 5.95. The van der Waals surface area contributed by atoms with E-state index in [1.807, 2.05) is 0 Å². The van der Waals surface area contributed by atoms with E-state index in [0.29, 0.717) is 5.92 Å². The minimum absolute atomic E-state index is 0. The third kappa shape index (κ3) is 9.22. The van der Waals surface area contributed by atoms with Crippen LogP contribution in [0, 0.1) is 5.92 Å². The van der Waals surface area contributed by atoms with Gasteiger partial charge in [-0.15, -0.1) is 24.0 Å². The summed E-state index contributed by atoms with van der Waals surface area (Å²) in [7, 11) is 0. The van der Waals surface area contributed by atoms with Crippen molar-refractivity contribution in [2.45, 2.75) is 39.0 Å². The molecule has 2 saturated heterocycles. The molecule has 1 unspecified atom stereocenters. The summed E-state index contributed by atoms with van der Waals surface area (Å²) in [5.41, 5.74) is 1.44. The number of hydrogen-bond donors (Lipinski definition) is 2. The number of halogens is 1. The maximum atomic E-state index is 4.88. The topological polar surface area (TPSA) is 42.9 Å². The molecule has 0 aromatic heterocycles. The lowest BCUT2D eigenvalue weighted by Crippen LogP contribution is -2.43. The minimum atomic E-state index is 0. The Morgan fingerprint density at radius 3 is 2.55 bits per heavy atom. The summed E-state index contributed by atoms with van der Waals surface area (Å²) in [5.74, 6) is 1.68. The third-order valence-electron chi connectivity index (χ3n) is 5.95. The van der Waals surface area contributed by atoms with E-state index in [9.17, 15) is 0 Å².